The van der Waals surface area contributed by atoms with Crippen LogP contribution >= 0.6 is 46.4 Å². The highest BCUT2D eigenvalue weighted by atomic mass is 35.5. The van der Waals surface area contributed by atoms with E-state index in [4.69, 9.17) is 65.4 Å². The van der Waals surface area contributed by atoms with E-state index in [0.717, 1.165) is 30.0 Å². The molecule has 0 saturated heterocycles. The molecule has 0 atom stereocenters. The summed E-state index contributed by atoms with van der Waals surface area (Å²) in [5.41, 5.74) is -4.25. The van der Waals surface area contributed by atoms with Crippen molar-refractivity contribution in [1.82, 2.24) is 0 Å². The molecule has 10 rings (SSSR count). The van der Waals surface area contributed by atoms with Gasteiger partial charge >= 0.3 is 12.4 Å². The highest BCUT2D eigenvalue weighted by Crippen LogP contribution is 2.56. The molecule has 0 aliphatic rings. The van der Waals surface area contributed by atoms with Crippen LogP contribution in [0.1, 0.15) is 58.9 Å². The van der Waals surface area contributed by atoms with Crippen LogP contribution in [-0.2, 0) is 5.41 Å². The fourth-order valence-electron chi connectivity index (χ4n) is 8.52. The second kappa shape index (κ2) is 25.5. The zero-order valence-corrected chi connectivity index (χ0v) is 45.8. The molecular weight excluding hydrogens is 1160 g/mol. The molecule has 0 aliphatic heterocycles. The zero-order chi connectivity index (χ0) is 58.9. The first kappa shape index (κ1) is 58.8. The third kappa shape index (κ3) is 14.1. The molecule has 7 nitrogen and oxygen atoms in total. The minimum absolute atomic E-state index is 0.0339. The van der Waals surface area contributed by atoms with E-state index < -0.39 is 28.9 Å². The number of ketones is 3. The first-order chi connectivity index (χ1) is 39.7. The van der Waals surface area contributed by atoms with E-state index in [1.165, 1.54) is 48.5 Å². The summed E-state index contributed by atoms with van der Waals surface area (Å²) < 4.78 is 112. The van der Waals surface area contributed by atoms with Gasteiger partial charge in [0, 0.05) is 48.4 Å². The van der Waals surface area contributed by atoms with Gasteiger partial charge in [0.05, 0.1) is 5.02 Å². The van der Waals surface area contributed by atoms with Gasteiger partial charge in [-0.1, -0.05) is 88.9 Å². The molecule has 0 bridgehead atoms. The van der Waals surface area contributed by atoms with Crippen LogP contribution in [0.15, 0.2) is 243 Å². The van der Waals surface area contributed by atoms with Crippen LogP contribution in [0.3, 0.4) is 0 Å². The molecule has 0 spiro atoms. The van der Waals surface area contributed by atoms with Crippen molar-refractivity contribution in [2.75, 3.05) is 0 Å². The SMILES string of the molecule is O=C(c1ccc(Cl)cc1)c1ccc(Oc2ccc(C(c3ccc(Oc4ccc(C(=O)c5ccc(Cl)cc5)cc4)cc3)(C(F)(F)F)C(F)(F)F)cc2)cc1.O=C(c1ccc(Oc2ccc(Oc3ccccc3)cc2)cc1)c1cc(Cl)ccc1Cl. The van der Waals surface area contributed by atoms with E-state index in [1.807, 2.05) is 54.6 Å². The minimum Gasteiger partial charge on any atom is -0.457 e. The summed E-state index contributed by atoms with van der Waals surface area (Å²) in [7, 11) is 0. The summed E-state index contributed by atoms with van der Waals surface area (Å²) in [6.07, 6.45) is -11.6. The number of benzene rings is 10. The number of halogens is 10. The van der Waals surface area contributed by atoms with Gasteiger partial charge < -0.3 is 18.9 Å². The smallest absolute Gasteiger partial charge is 0.411 e. The molecule has 17 heteroatoms. The van der Waals surface area contributed by atoms with Gasteiger partial charge in [0.25, 0.3) is 0 Å². The molecule has 0 aliphatic carbocycles. The normalized spacial score (nSPS) is 11.4. The topological polar surface area (TPSA) is 88.1 Å². The molecule has 10 aromatic rings. The molecule has 0 heterocycles. The number of rotatable bonds is 16. The first-order valence-corrected chi connectivity index (χ1v) is 26.4. The summed E-state index contributed by atoms with van der Waals surface area (Å²) in [4.78, 5) is 38.1. The van der Waals surface area contributed by atoms with Crippen LogP contribution < -0.4 is 18.9 Å². The number of hydrogen-bond donors (Lipinski definition) is 0. The maximum absolute atomic E-state index is 14.8. The molecule has 0 saturated carbocycles. The van der Waals surface area contributed by atoms with Gasteiger partial charge in [0.15, 0.2) is 17.3 Å². The Bertz CT molecular complexity index is 3700. The number of para-hydroxylation sites is 1. The molecular formula is C66H40Cl4F6O7. The van der Waals surface area contributed by atoms with E-state index in [0.29, 0.717) is 95.0 Å². The molecule has 10 aromatic carbocycles. The highest BCUT2D eigenvalue weighted by Gasteiger charge is 2.72. The molecule has 0 aromatic heterocycles. The van der Waals surface area contributed by atoms with E-state index in [2.05, 4.69) is 0 Å². The first-order valence-electron chi connectivity index (χ1n) is 24.9. The lowest BCUT2D eigenvalue weighted by atomic mass is 9.73. The molecule has 416 valence electrons. The summed E-state index contributed by atoms with van der Waals surface area (Å²) in [6.45, 7) is 0. The Hall–Kier alpha value is -8.85. The number of ether oxygens (including phenoxy) is 4. The fraction of sp³-hybridized carbons (Fsp3) is 0.0455. The number of carbonyl (C=O) groups is 3. The second-order valence-electron chi connectivity index (χ2n) is 18.2. The van der Waals surface area contributed by atoms with E-state index in [1.54, 1.807) is 91.0 Å². The van der Waals surface area contributed by atoms with Crippen molar-refractivity contribution in [3.05, 3.63) is 307 Å². The van der Waals surface area contributed by atoms with E-state index in [-0.39, 0.29) is 40.3 Å². The van der Waals surface area contributed by atoms with Crippen LogP contribution in [-0.4, -0.2) is 29.7 Å². The third-order valence-electron chi connectivity index (χ3n) is 12.7. The predicted octanol–water partition coefficient (Wildman–Crippen LogP) is 20.3. The lowest BCUT2D eigenvalue weighted by Gasteiger charge is -2.38. The standard InChI is InChI=1S/C41H24Cl2F6O4.C25H16Cl2O3/c42-31-13-1-25(2-14-31)37(50)27-5-17-33(18-6-27)52-35-21-9-29(10-22-35)39(40(44,45)46,41(47,48)49)30-11-23-36(24-12-30)53-34-19-7-28(8-20-34)38(51)26-3-15-32(43)16-4-26;26-18-8-15-24(27)23(16-18)25(28)17-6-9-20(10-7-17)30-22-13-11-21(12-14-22)29-19-4-2-1-3-5-19/h1-24H;1-16H. The van der Waals surface area contributed by atoms with Crippen LogP contribution in [0.4, 0.5) is 26.3 Å². The van der Waals surface area contributed by atoms with Gasteiger partial charge in [0.1, 0.15) is 46.0 Å². The lowest BCUT2D eigenvalue weighted by molar-refractivity contribution is -0.288. The van der Waals surface area contributed by atoms with Gasteiger partial charge in [-0.2, -0.15) is 26.3 Å². The van der Waals surface area contributed by atoms with Crippen molar-refractivity contribution < 1.29 is 59.7 Å². The summed E-state index contributed by atoms with van der Waals surface area (Å²) in [5.74, 6) is 2.31. The Morgan fingerprint density at radius 3 is 0.855 bits per heavy atom. The van der Waals surface area contributed by atoms with Crippen LogP contribution in [0.5, 0.6) is 46.0 Å². The Morgan fingerprint density at radius 1 is 0.289 bits per heavy atom. The second-order valence-corrected chi connectivity index (χ2v) is 19.9. The molecule has 0 N–H and O–H groups in total. The highest BCUT2D eigenvalue weighted by molar-refractivity contribution is 6.37. The summed E-state index contributed by atoms with van der Waals surface area (Å²) in [6, 6.07) is 59.7. The average molecular weight is 1200 g/mol. The Balaban J connectivity index is 0.000000233. The quantitative estimate of drug-likeness (QED) is 0.0703. The maximum Gasteiger partial charge on any atom is 0.411 e. The van der Waals surface area contributed by atoms with Crippen molar-refractivity contribution in [2.45, 2.75) is 17.8 Å². The summed E-state index contributed by atoms with van der Waals surface area (Å²) in [5, 5.41) is 1.75. The predicted molar refractivity (Wildman–Crippen MR) is 308 cm³/mol. The zero-order valence-electron chi connectivity index (χ0n) is 42.7. The fourth-order valence-corrected chi connectivity index (χ4v) is 9.15. The minimum atomic E-state index is -5.81. The Kier molecular flexibility index (Phi) is 18.1. The maximum atomic E-state index is 14.8. The van der Waals surface area contributed by atoms with Crippen molar-refractivity contribution in [3.63, 3.8) is 0 Å². The summed E-state index contributed by atoms with van der Waals surface area (Å²) >= 11 is 23.9. The van der Waals surface area contributed by atoms with E-state index in [9.17, 15) is 40.7 Å². The number of carbonyl (C=O) groups excluding carboxylic acids is 3. The van der Waals surface area contributed by atoms with Crippen LogP contribution in [0, 0.1) is 0 Å². The Labute approximate surface area is 491 Å². The average Bonchev–Trinajstić information content (AvgIpc) is 3.61. The van der Waals surface area contributed by atoms with Gasteiger partial charge in [-0.05, 0) is 211 Å². The van der Waals surface area contributed by atoms with Crippen LogP contribution in [0.25, 0.3) is 0 Å². The molecule has 83 heavy (non-hydrogen) atoms. The lowest BCUT2D eigenvalue weighted by Crippen LogP contribution is -2.54. The van der Waals surface area contributed by atoms with Gasteiger partial charge in [-0.25, -0.2) is 0 Å². The third-order valence-corrected chi connectivity index (χ3v) is 13.7. The van der Waals surface area contributed by atoms with Gasteiger partial charge in [-0.3, -0.25) is 14.4 Å². The number of hydrogen-bond acceptors (Lipinski definition) is 7. The molecule has 0 fully saturated rings. The molecule has 0 radical (unpaired) electrons. The molecule has 0 unspecified atom stereocenters. The number of alkyl halides is 6. The molecule has 0 amide bonds. The van der Waals surface area contributed by atoms with Gasteiger partial charge in [0.2, 0.25) is 5.41 Å². The Morgan fingerprint density at radius 2 is 0.542 bits per heavy atom. The van der Waals surface area contributed by atoms with E-state index >= 15 is 0 Å². The monoisotopic (exact) mass is 1200 g/mol. The van der Waals surface area contributed by atoms with Gasteiger partial charge in [-0.15, -0.1) is 0 Å². The van der Waals surface area contributed by atoms with Crippen LogP contribution in [0.2, 0.25) is 20.1 Å². The van der Waals surface area contributed by atoms with Crippen molar-refractivity contribution >= 4 is 63.8 Å². The van der Waals surface area contributed by atoms with Crippen molar-refractivity contribution in [1.29, 1.82) is 0 Å². The van der Waals surface area contributed by atoms with Crippen molar-refractivity contribution in [3.8, 4) is 46.0 Å². The largest absolute Gasteiger partial charge is 0.457 e. The van der Waals surface area contributed by atoms with Crippen molar-refractivity contribution in [2.24, 2.45) is 0 Å².